The summed E-state index contributed by atoms with van der Waals surface area (Å²) in [6.45, 7) is 10.3. The standard InChI is InChI=1S/C18H21NO4/c1-5-10-15(6-2)17(20)22-13(3)19-14(4)23-18(21)16-11-8-7-9-12-16/h5-14,19H,1-2H2,3-4H3/b15-10+/t13?,14-/m1/s1. The van der Waals surface area contributed by atoms with Gasteiger partial charge in [0.05, 0.1) is 11.1 Å². The van der Waals surface area contributed by atoms with Crippen LogP contribution in [0.25, 0.3) is 0 Å². The molecule has 23 heavy (non-hydrogen) atoms. The largest absolute Gasteiger partial charge is 0.443 e. The minimum Gasteiger partial charge on any atom is -0.443 e. The Morgan fingerprint density at radius 3 is 2.26 bits per heavy atom. The number of benzene rings is 1. The third kappa shape index (κ3) is 6.32. The molecule has 5 heteroatoms. The Morgan fingerprint density at radius 1 is 1.09 bits per heavy atom. The lowest BCUT2D eigenvalue weighted by Gasteiger charge is -2.20. The van der Waals surface area contributed by atoms with Crippen LogP contribution in [0.2, 0.25) is 0 Å². The molecule has 122 valence electrons. The second-order valence-corrected chi connectivity index (χ2v) is 4.69. The summed E-state index contributed by atoms with van der Waals surface area (Å²) in [5, 5.41) is 2.86. The molecule has 1 unspecified atom stereocenters. The first-order valence-corrected chi connectivity index (χ1v) is 7.16. The van der Waals surface area contributed by atoms with E-state index in [1.165, 1.54) is 18.2 Å². The van der Waals surface area contributed by atoms with E-state index in [9.17, 15) is 9.59 Å². The van der Waals surface area contributed by atoms with E-state index in [2.05, 4.69) is 18.5 Å². The highest BCUT2D eigenvalue weighted by molar-refractivity contribution is 5.91. The number of hydrogen-bond acceptors (Lipinski definition) is 5. The summed E-state index contributed by atoms with van der Waals surface area (Å²) in [5.41, 5.74) is 0.747. The van der Waals surface area contributed by atoms with Crippen LogP contribution in [-0.4, -0.2) is 24.4 Å². The summed E-state index contributed by atoms with van der Waals surface area (Å²) in [4.78, 5) is 23.7. The van der Waals surface area contributed by atoms with Gasteiger partial charge in [0.2, 0.25) is 0 Å². The van der Waals surface area contributed by atoms with E-state index in [1.807, 2.05) is 6.07 Å². The molecule has 0 aromatic heterocycles. The molecule has 5 nitrogen and oxygen atoms in total. The molecule has 0 aliphatic heterocycles. The average Bonchev–Trinajstić information content (AvgIpc) is 2.52. The first-order chi connectivity index (χ1) is 11.0. The van der Waals surface area contributed by atoms with Crippen LogP contribution in [0.15, 0.2) is 67.3 Å². The molecular weight excluding hydrogens is 294 g/mol. The molecule has 0 amide bonds. The Kier molecular flexibility index (Phi) is 7.50. The van der Waals surface area contributed by atoms with Gasteiger partial charge in [0.1, 0.15) is 0 Å². The second kappa shape index (κ2) is 9.38. The number of hydrogen-bond donors (Lipinski definition) is 1. The molecule has 0 spiro atoms. The molecule has 1 rings (SSSR count). The average molecular weight is 315 g/mol. The molecule has 0 aliphatic rings. The first kappa shape index (κ1) is 18.4. The van der Waals surface area contributed by atoms with Crippen molar-refractivity contribution in [3.63, 3.8) is 0 Å². The van der Waals surface area contributed by atoms with Crippen LogP contribution in [0.1, 0.15) is 24.2 Å². The zero-order valence-corrected chi connectivity index (χ0v) is 13.3. The van der Waals surface area contributed by atoms with Gasteiger partial charge in [0.25, 0.3) is 0 Å². The predicted octanol–water partition coefficient (Wildman–Crippen LogP) is 2.97. The maximum Gasteiger partial charge on any atom is 0.339 e. The Bertz CT molecular complexity index is 592. The van der Waals surface area contributed by atoms with Crippen molar-refractivity contribution >= 4 is 11.9 Å². The zero-order valence-electron chi connectivity index (χ0n) is 13.3. The van der Waals surface area contributed by atoms with Crippen LogP contribution in [0.4, 0.5) is 0 Å². The van der Waals surface area contributed by atoms with E-state index in [1.54, 1.807) is 38.1 Å². The lowest BCUT2D eigenvalue weighted by Crippen LogP contribution is -2.40. The fraction of sp³-hybridized carbons (Fsp3) is 0.222. The molecule has 1 aromatic carbocycles. The smallest absolute Gasteiger partial charge is 0.339 e. The summed E-state index contributed by atoms with van der Waals surface area (Å²) >= 11 is 0. The summed E-state index contributed by atoms with van der Waals surface area (Å²) < 4.78 is 10.4. The van der Waals surface area contributed by atoms with Gasteiger partial charge in [-0.15, -0.1) is 0 Å². The second-order valence-electron chi connectivity index (χ2n) is 4.69. The Balaban J connectivity index is 2.50. The molecule has 0 bridgehead atoms. The van der Waals surface area contributed by atoms with Crippen LogP contribution in [0.3, 0.4) is 0 Å². The maximum absolute atomic E-state index is 11.9. The van der Waals surface area contributed by atoms with Gasteiger partial charge in [0.15, 0.2) is 12.5 Å². The molecule has 0 heterocycles. The minimum absolute atomic E-state index is 0.294. The lowest BCUT2D eigenvalue weighted by atomic mass is 10.2. The van der Waals surface area contributed by atoms with Gasteiger partial charge < -0.3 is 9.47 Å². The van der Waals surface area contributed by atoms with Crippen LogP contribution in [0, 0.1) is 0 Å². The molecule has 2 atom stereocenters. The quantitative estimate of drug-likeness (QED) is 0.346. The molecule has 0 fully saturated rings. The highest BCUT2D eigenvalue weighted by Crippen LogP contribution is 2.05. The summed E-state index contributed by atoms with van der Waals surface area (Å²) in [6.07, 6.45) is 3.09. The number of carbonyl (C=O) groups is 2. The Morgan fingerprint density at radius 2 is 1.70 bits per heavy atom. The van der Waals surface area contributed by atoms with Crippen LogP contribution < -0.4 is 5.32 Å². The normalized spacial score (nSPS) is 13.6. The van der Waals surface area contributed by atoms with E-state index in [-0.39, 0.29) is 0 Å². The molecule has 0 radical (unpaired) electrons. The van der Waals surface area contributed by atoms with Gasteiger partial charge in [-0.1, -0.05) is 43.5 Å². The molecule has 0 saturated heterocycles. The first-order valence-electron chi connectivity index (χ1n) is 7.16. The summed E-state index contributed by atoms with van der Waals surface area (Å²) in [7, 11) is 0. The van der Waals surface area contributed by atoms with Crippen molar-refractivity contribution in [3.05, 3.63) is 72.9 Å². The van der Waals surface area contributed by atoms with E-state index in [4.69, 9.17) is 9.47 Å². The molecule has 1 N–H and O–H groups in total. The minimum atomic E-state index is -0.644. The highest BCUT2D eigenvalue weighted by Gasteiger charge is 2.17. The van der Waals surface area contributed by atoms with E-state index < -0.39 is 24.4 Å². The van der Waals surface area contributed by atoms with E-state index in [0.717, 1.165) is 0 Å². The highest BCUT2D eigenvalue weighted by atomic mass is 16.6. The topological polar surface area (TPSA) is 64.6 Å². The van der Waals surface area contributed by atoms with Crippen molar-refractivity contribution in [1.29, 1.82) is 0 Å². The van der Waals surface area contributed by atoms with Crippen molar-refractivity contribution in [2.45, 2.75) is 26.3 Å². The zero-order chi connectivity index (χ0) is 17.2. The summed E-state index contributed by atoms with van der Waals surface area (Å²) in [6, 6.07) is 8.64. The van der Waals surface area contributed by atoms with Gasteiger partial charge in [0, 0.05) is 0 Å². The van der Waals surface area contributed by atoms with Crippen LogP contribution in [0.5, 0.6) is 0 Å². The molecule has 0 aliphatic carbocycles. The SMILES string of the molecule is C=C/C=C(\C=C)C(=O)OC(C)N[C@@H](C)OC(=O)c1ccccc1. The molecule has 1 aromatic rings. The number of allylic oxidation sites excluding steroid dienone is 2. The fourth-order valence-corrected chi connectivity index (χ4v) is 1.78. The van der Waals surface area contributed by atoms with Crippen molar-refractivity contribution in [3.8, 4) is 0 Å². The van der Waals surface area contributed by atoms with Crippen molar-refractivity contribution < 1.29 is 19.1 Å². The Hall–Kier alpha value is -2.66. The van der Waals surface area contributed by atoms with Crippen LogP contribution >= 0.6 is 0 Å². The van der Waals surface area contributed by atoms with Crippen molar-refractivity contribution in [2.75, 3.05) is 0 Å². The van der Waals surface area contributed by atoms with Crippen molar-refractivity contribution in [2.24, 2.45) is 0 Å². The Labute approximate surface area is 136 Å². The van der Waals surface area contributed by atoms with E-state index in [0.29, 0.717) is 11.1 Å². The number of nitrogens with one attached hydrogen (secondary N) is 1. The number of carbonyl (C=O) groups excluding carboxylic acids is 2. The predicted molar refractivity (Wildman–Crippen MR) is 88.5 cm³/mol. The monoisotopic (exact) mass is 315 g/mol. The van der Waals surface area contributed by atoms with Crippen molar-refractivity contribution in [1.82, 2.24) is 5.32 Å². The third-order valence-corrected chi connectivity index (χ3v) is 2.80. The summed E-state index contributed by atoms with van der Waals surface area (Å²) in [5.74, 6) is -0.996. The van der Waals surface area contributed by atoms with Gasteiger partial charge >= 0.3 is 11.9 Å². The lowest BCUT2D eigenvalue weighted by molar-refractivity contribution is -0.146. The maximum atomic E-state index is 11.9. The number of ether oxygens (including phenoxy) is 2. The number of esters is 2. The van der Waals surface area contributed by atoms with Gasteiger partial charge in [-0.25, -0.2) is 14.9 Å². The number of rotatable bonds is 8. The molecular formula is C18H21NO4. The fourth-order valence-electron chi connectivity index (χ4n) is 1.78. The third-order valence-electron chi connectivity index (χ3n) is 2.80. The van der Waals surface area contributed by atoms with Gasteiger partial charge in [-0.2, -0.15) is 0 Å². The van der Waals surface area contributed by atoms with Gasteiger partial charge in [-0.3, -0.25) is 0 Å². The van der Waals surface area contributed by atoms with Gasteiger partial charge in [-0.05, 0) is 32.1 Å². The van der Waals surface area contributed by atoms with E-state index >= 15 is 0 Å². The van der Waals surface area contributed by atoms with Crippen LogP contribution in [-0.2, 0) is 14.3 Å². The molecule has 0 saturated carbocycles.